The summed E-state index contributed by atoms with van der Waals surface area (Å²) in [5, 5.41) is 6.01. The Kier molecular flexibility index (Phi) is 7.97. The van der Waals surface area contributed by atoms with Gasteiger partial charge in [-0.15, -0.1) is 0 Å². The van der Waals surface area contributed by atoms with Gasteiger partial charge in [0, 0.05) is 38.3 Å². The molecule has 4 aromatic rings. The fraction of sp³-hybridized carbons (Fsp3) is 0.296. The highest BCUT2D eigenvalue weighted by Gasteiger charge is 2.31. The van der Waals surface area contributed by atoms with Gasteiger partial charge in [0.05, 0.1) is 22.5 Å². The summed E-state index contributed by atoms with van der Waals surface area (Å²) in [4.78, 5) is 34.1. The van der Waals surface area contributed by atoms with Gasteiger partial charge in [-0.3, -0.25) is 10.1 Å². The highest BCUT2D eigenvalue weighted by molar-refractivity contribution is 6.34. The molecule has 10 nitrogen and oxygen atoms in total. The van der Waals surface area contributed by atoms with E-state index in [2.05, 4.69) is 30.6 Å². The molecular formula is C27H26ClF3N8O2. The summed E-state index contributed by atoms with van der Waals surface area (Å²) in [6.45, 7) is 5.68. The number of nitrogens with zero attached hydrogens (tertiary/aromatic N) is 6. The molecule has 5 rings (SSSR count). The van der Waals surface area contributed by atoms with Crippen LogP contribution in [0.2, 0.25) is 5.02 Å². The lowest BCUT2D eigenvalue weighted by Gasteiger charge is -2.36. The number of para-hydroxylation sites is 1. The number of amides is 1. The Labute approximate surface area is 238 Å². The number of rotatable bonds is 7. The first-order valence-corrected chi connectivity index (χ1v) is 13.2. The predicted octanol–water partition coefficient (Wildman–Crippen LogP) is 5.73. The summed E-state index contributed by atoms with van der Waals surface area (Å²) < 4.78 is 45.0. The maximum absolute atomic E-state index is 13.2. The van der Waals surface area contributed by atoms with Gasteiger partial charge in [-0.25, -0.2) is 4.98 Å². The highest BCUT2D eigenvalue weighted by atomic mass is 35.5. The number of aromatic nitrogens is 4. The maximum atomic E-state index is 13.2. The Hall–Kier alpha value is -4.39. The normalized spacial score (nSPS) is 13.8. The van der Waals surface area contributed by atoms with Gasteiger partial charge in [-0.1, -0.05) is 36.7 Å². The van der Waals surface area contributed by atoms with E-state index in [0.29, 0.717) is 60.8 Å². The molecule has 0 spiro atoms. The lowest BCUT2D eigenvalue weighted by atomic mass is 10.1. The van der Waals surface area contributed by atoms with E-state index in [1.54, 1.807) is 18.2 Å². The zero-order valence-corrected chi connectivity index (χ0v) is 22.9. The number of aryl methyl sites for hydroxylation is 2. The fourth-order valence-corrected chi connectivity index (χ4v) is 4.57. The molecule has 1 aliphatic heterocycles. The Morgan fingerprint density at radius 3 is 2.49 bits per heavy atom. The first kappa shape index (κ1) is 28.1. The molecule has 41 heavy (non-hydrogen) atoms. The first-order chi connectivity index (χ1) is 19.6. The van der Waals surface area contributed by atoms with E-state index >= 15 is 0 Å². The number of hydrogen-bond donors (Lipinski definition) is 2. The summed E-state index contributed by atoms with van der Waals surface area (Å²) in [6.07, 6.45) is -2.59. The lowest BCUT2D eigenvalue weighted by Crippen LogP contribution is -2.47. The molecule has 0 atom stereocenters. The van der Waals surface area contributed by atoms with Crippen LogP contribution in [0, 0.1) is 6.92 Å². The molecule has 2 N–H and O–H groups in total. The number of anilines is 5. The number of piperazine rings is 1. The van der Waals surface area contributed by atoms with Crippen molar-refractivity contribution in [1.82, 2.24) is 19.9 Å². The summed E-state index contributed by atoms with van der Waals surface area (Å²) in [5.74, 6) is 0.565. The summed E-state index contributed by atoms with van der Waals surface area (Å²) in [6, 6.07) is 10.6. The molecule has 1 saturated heterocycles. The number of hydrogen-bond acceptors (Lipinski definition) is 9. The molecule has 0 bridgehead atoms. The van der Waals surface area contributed by atoms with Crippen molar-refractivity contribution in [2.45, 2.75) is 26.4 Å². The van der Waals surface area contributed by atoms with Crippen LogP contribution in [-0.4, -0.2) is 52.0 Å². The Balaban J connectivity index is 1.26. The molecule has 1 amide bonds. The molecule has 0 radical (unpaired) electrons. The van der Waals surface area contributed by atoms with E-state index in [1.165, 1.54) is 12.3 Å². The van der Waals surface area contributed by atoms with Crippen LogP contribution in [0.15, 0.2) is 53.1 Å². The van der Waals surface area contributed by atoms with Gasteiger partial charge in [0.2, 0.25) is 17.7 Å². The molecule has 0 saturated carbocycles. The molecule has 1 aliphatic rings. The SMILES string of the molecule is CCc1nc(Nc2ncc(C(=O)Nc3c(C)cccc3Cl)o2)nc(N2CCN(c3cccc(C(F)(F)F)c3)CC2)n1. The number of benzene rings is 2. The minimum Gasteiger partial charge on any atom is -0.418 e. The van der Waals surface area contributed by atoms with Gasteiger partial charge in [-0.05, 0) is 36.8 Å². The van der Waals surface area contributed by atoms with Crippen LogP contribution in [0.5, 0.6) is 0 Å². The number of halogens is 4. The number of oxazole rings is 1. The second-order valence-electron chi connectivity index (χ2n) is 9.29. The summed E-state index contributed by atoms with van der Waals surface area (Å²) in [5.41, 5.74) is 1.11. The van der Waals surface area contributed by atoms with Gasteiger partial charge >= 0.3 is 12.2 Å². The van der Waals surface area contributed by atoms with Gasteiger partial charge in [-0.2, -0.15) is 28.1 Å². The Bertz CT molecular complexity index is 1530. The molecule has 0 unspecified atom stereocenters. The molecule has 2 aromatic heterocycles. The third kappa shape index (κ3) is 6.51. The molecule has 2 aromatic carbocycles. The quantitative estimate of drug-likeness (QED) is 0.280. The van der Waals surface area contributed by atoms with E-state index in [0.717, 1.165) is 17.7 Å². The molecule has 14 heteroatoms. The minimum atomic E-state index is -4.40. The molecule has 0 aliphatic carbocycles. The number of alkyl halides is 3. The van der Waals surface area contributed by atoms with Crippen LogP contribution in [-0.2, 0) is 12.6 Å². The first-order valence-electron chi connectivity index (χ1n) is 12.8. The van der Waals surface area contributed by atoms with Crippen LogP contribution in [0.25, 0.3) is 0 Å². The Morgan fingerprint density at radius 2 is 1.78 bits per heavy atom. The molecule has 214 valence electrons. The molecular weight excluding hydrogens is 561 g/mol. The van der Waals surface area contributed by atoms with Crippen molar-refractivity contribution >= 4 is 46.8 Å². The predicted molar refractivity (Wildman–Crippen MR) is 149 cm³/mol. The standard InChI is InChI=1S/C27H26ClF3N8O2/c1-3-21-33-24(37-26-32-15-20(41-26)23(40)35-22-16(2)6-4-9-19(22)28)36-25(34-21)39-12-10-38(11-13-39)18-8-5-7-17(14-18)27(29,30)31/h4-9,14-15H,3,10-13H2,1-2H3,(H,35,40)(H,32,33,34,36,37). The largest absolute Gasteiger partial charge is 0.418 e. The average molecular weight is 587 g/mol. The van der Waals surface area contributed by atoms with Crippen molar-refractivity contribution in [3.63, 3.8) is 0 Å². The van der Waals surface area contributed by atoms with Crippen LogP contribution in [0.3, 0.4) is 0 Å². The van der Waals surface area contributed by atoms with Gasteiger partial charge < -0.3 is 19.5 Å². The maximum Gasteiger partial charge on any atom is 0.416 e. The average Bonchev–Trinajstić information content (AvgIpc) is 3.43. The molecule has 1 fully saturated rings. The van der Waals surface area contributed by atoms with Crippen molar-refractivity contribution in [2.24, 2.45) is 0 Å². The smallest absolute Gasteiger partial charge is 0.416 e. The van der Waals surface area contributed by atoms with E-state index in [1.807, 2.05) is 29.7 Å². The van der Waals surface area contributed by atoms with Gasteiger partial charge in [0.1, 0.15) is 5.82 Å². The van der Waals surface area contributed by atoms with E-state index in [9.17, 15) is 18.0 Å². The van der Waals surface area contributed by atoms with Crippen molar-refractivity contribution < 1.29 is 22.4 Å². The third-order valence-corrected chi connectivity index (χ3v) is 6.81. The highest BCUT2D eigenvalue weighted by Crippen LogP contribution is 2.32. The second kappa shape index (κ2) is 11.6. The van der Waals surface area contributed by atoms with Crippen LogP contribution >= 0.6 is 11.6 Å². The third-order valence-electron chi connectivity index (χ3n) is 6.50. The minimum absolute atomic E-state index is 0.0135. The fourth-order valence-electron chi connectivity index (χ4n) is 4.30. The van der Waals surface area contributed by atoms with Gasteiger partial charge in [0.15, 0.2) is 0 Å². The molecule has 3 heterocycles. The van der Waals surface area contributed by atoms with Crippen LogP contribution in [0.1, 0.15) is 34.4 Å². The van der Waals surface area contributed by atoms with Crippen molar-refractivity contribution in [1.29, 1.82) is 0 Å². The van der Waals surface area contributed by atoms with Gasteiger partial charge in [0.25, 0.3) is 5.91 Å². The van der Waals surface area contributed by atoms with Crippen LogP contribution in [0.4, 0.5) is 42.5 Å². The van der Waals surface area contributed by atoms with Crippen LogP contribution < -0.4 is 20.4 Å². The summed E-state index contributed by atoms with van der Waals surface area (Å²) >= 11 is 6.20. The zero-order chi connectivity index (χ0) is 29.1. The second-order valence-corrected chi connectivity index (χ2v) is 9.70. The zero-order valence-electron chi connectivity index (χ0n) is 22.2. The number of carbonyl (C=O) groups excluding carboxylic acids is 1. The van der Waals surface area contributed by atoms with Crippen molar-refractivity contribution in [2.75, 3.05) is 46.6 Å². The van der Waals surface area contributed by atoms with E-state index < -0.39 is 17.6 Å². The van der Waals surface area contributed by atoms with E-state index in [4.69, 9.17) is 16.0 Å². The van der Waals surface area contributed by atoms with Crippen molar-refractivity contribution in [3.05, 3.63) is 76.4 Å². The van der Waals surface area contributed by atoms with E-state index in [-0.39, 0.29) is 17.7 Å². The number of nitrogens with one attached hydrogen (secondary N) is 2. The monoisotopic (exact) mass is 586 g/mol. The number of carbonyl (C=O) groups is 1. The van der Waals surface area contributed by atoms with Crippen molar-refractivity contribution in [3.8, 4) is 0 Å². The Morgan fingerprint density at radius 1 is 1.05 bits per heavy atom. The topological polar surface area (TPSA) is 112 Å². The summed E-state index contributed by atoms with van der Waals surface area (Å²) in [7, 11) is 0. The lowest BCUT2D eigenvalue weighted by molar-refractivity contribution is -0.137.